The summed E-state index contributed by atoms with van der Waals surface area (Å²) in [5, 5.41) is 2.87. The number of carbonyl (C=O) groups excluding carboxylic acids is 1. The molecule has 8 heteroatoms. The molecule has 0 aliphatic carbocycles. The summed E-state index contributed by atoms with van der Waals surface area (Å²) in [4.78, 5) is 13.9. The second-order valence-electron chi connectivity index (χ2n) is 6.03. The molecule has 1 fully saturated rings. The van der Waals surface area contributed by atoms with Gasteiger partial charge in [-0.25, -0.2) is 13.2 Å². The lowest BCUT2D eigenvalue weighted by molar-refractivity contribution is 0.184. The Labute approximate surface area is 136 Å². The molecule has 1 unspecified atom stereocenters. The van der Waals surface area contributed by atoms with Gasteiger partial charge in [-0.3, -0.25) is 0 Å². The summed E-state index contributed by atoms with van der Waals surface area (Å²) in [5.74, 6) is 0.872. The van der Waals surface area contributed by atoms with E-state index in [0.29, 0.717) is 26.2 Å². The van der Waals surface area contributed by atoms with Crippen molar-refractivity contribution >= 4 is 21.7 Å². The van der Waals surface area contributed by atoms with Gasteiger partial charge < -0.3 is 15.0 Å². The maximum absolute atomic E-state index is 12.3. The monoisotopic (exact) mass is 339 g/mol. The number of nitrogens with zero attached hydrogens (tertiary/aromatic N) is 2. The number of benzene rings is 1. The maximum atomic E-state index is 12.3. The fourth-order valence-electron chi connectivity index (χ4n) is 2.93. The smallest absolute Gasteiger partial charge is 0.321 e. The van der Waals surface area contributed by atoms with Gasteiger partial charge in [0.15, 0.2) is 0 Å². The van der Waals surface area contributed by atoms with E-state index in [1.165, 1.54) is 10.6 Å². The van der Waals surface area contributed by atoms with Gasteiger partial charge in [-0.15, -0.1) is 0 Å². The van der Waals surface area contributed by atoms with Gasteiger partial charge in [0, 0.05) is 38.3 Å². The van der Waals surface area contributed by atoms with Crippen molar-refractivity contribution in [1.82, 2.24) is 9.21 Å². The van der Waals surface area contributed by atoms with Crippen molar-refractivity contribution < 1.29 is 17.9 Å². The Balaban J connectivity index is 1.59. The summed E-state index contributed by atoms with van der Waals surface area (Å²) in [7, 11) is -3.18. The molecular formula is C15H21N3O4S. The molecule has 1 saturated heterocycles. The van der Waals surface area contributed by atoms with Gasteiger partial charge in [-0.1, -0.05) is 0 Å². The minimum absolute atomic E-state index is 0.167. The van der Waals surface area contributed by atoms with Crippen LogP contribution in [0.4, 0.5) is 10.5 Å². The van der Waals surface area contributed by atoms with Crippen molar-refractivity contribution in [2.24, 2.45) is 0 Å². The molecular weight excluding hydrogens is 318 g/mol. The molecule has 3 rings (SSSR count). The van der Waals surface area contributed by atoms with Crippen molar-refractivity contribution in [3.05, 3.63) is 23.8 Å². The summed E-state index contributed by atoms with van der Waals surface area (Å²) < 4.78 is 30.0. The zero-order valence-corrected chi connectivity index (χ0v) is 14.1. The maximum Gasteiger partial charge on any atom is 0.321 e. The minimum atomic E-state index is -3.18. The number of amides is 2. The van der Waals surface area contributed by atoms with Crippen LogP contribution < -0.4 is 10.1 Å². The average molecular weight is 339 g/mol. The predicted octanol–water partition coefficient (Wildman–Crippen LogP) is 1.12. The molecule has 23 heavy (non-hydrogen) atoms. The first kappa shape index (κ1) is 16.1. The van der Waals surface area contributed by atoms with E-state index in [9.17, 15) is 13.2 Å². The number of anilines is 1. The lowest BCUT2D eigenvalue weighted by Crippen LogP contribution is -2.51. The average Bonchev–Trinajstić information content (AvgIpc) is 2.86. The second kappa shape index (κ2) is 6.01. The number of nitrogens with one attached hydrogen (secondary N) is 1. The Morgan fingerprint density at radius 3 is 2.61 bits per heavy atom. The van der Waals surface area contributed by atoms with Crippen molar-refractivity contribution in [3.63, 3.8) is 0 Å². The topological polar surface area (TPSA) is 79.0 Å². The molecule has 1 atom stereocenters. The molecule has 7 nitrogen and oxygen atoms in total. The highest BCUT2D eigenvalue weighted by atomic mass is 32.2. The number of sulfonamides is 1. The van der Waals surface area contributed by atoms with Gasteiger partial charge in [0.05, 0.1) is 6.26 Å². The predicted molar refractivity (Wildman–Crippen MR) is 87.2 cm³/mol. The van der Waals surface area contributed by atoms with Gasteiger partial charge in [0.2, 0.25) is 10.0 Å². The highest BCUT2D eigenvalue weighted by molar-refractivity contribution is 7.88. The highest BCUT2D eigenvalue weighted by Gasteiger charge is 2.26. The first-order valence-corrected chi connectivity index (χ1v) is 9.48. The van der Waals surface area contributed by atoms with Gasteiger partial charge in [-0.05, 0) is 30.7 Å². The number of hydrogen-bond acceptors (Lipinski definition) is 4. The molecule has 1 aromatic carbocycles. The van der Waals surface area contributed by atoms with E-state index in [-0.39, 0.29) is 12.1 Å². The quantitative estimate of drug-likeness (QED) is 0.876. The second-order valence-corrected chi connectivity index (χ2v) is 8.02. The first-order chi connectivity index (χ1) is 10.8. The zero-order valence-electron chi connectivity index (χ0n) is 13.3. The molecule has 0 radical (unpaired) electrons. The van der Waals surface area contributed by atoms with Crippen LogP contribution in [0.25, 0.3) is 0 Å². The Morgan fingerprint density at radius 1 is 1.26 bits per heavy atom. The summed E-state index contributed by atoms with van der Waals surface area (Å²) in [5.41, 5.74) is 1.83. The van der Waals surface area contributed by atoms with E-state index in [4.69, 9.17) is 4.74 Å². The van der Waals surface area contributed by atoms with Crippen molar-refractivity contribution in [2.45, 2.75) is 19.4 Å². The molecule has 0 aromatic heterocycles. The van der Waals surface area contributed by atoms with E-state index >= 15 is 0 Å². The van der Waals surface area contributed by atoms with Crippen LogP contribution in [-0.2, 0) is 16.4 Å². The van der Waals surface area contributed by atoms with Gasteiger partial charge in [-0.2, -0.15) is 4.31 Å². The fraction of sp³-hybridized carbons (Fsp3) is 0.533. The summed E-state index contributed by atoms with van der Waals surface area (Å²) in [6.07, 6.45) is 2.20. The zero-order chi connectivity index (χ0) is 16.6. The largest absolute Gasteiger partial charge is 0.490 e. The molecule has 2 aliphatic heterocycles. The Hall–Kier alpha value is -1.80. The Morgan fingerprint density at radius 2 is 1.96 bits per heavy atom. The molecule has 1 aromatic rings. The first-order valence-electron chi connectivity index (χ1n) is 7.63. The molecule has 2 aliphatic rings. The minimum Gasteiger partial charge on any atom is -0.490 e. The molecule has 126 valence electrons. The number of hydrogen-bond donors (Lipinski definition) is 1. The molecule has 1 N–H and O–H groups in total. The SMILES string of the molecule is CC1Cc2cc(NC(=O)N3CCN(S(C)(=O)=O)CC3)ccc2O1. The highest BCUT2D eigenvalue weighted by Crippen LogP contribution is 2.31. The van der Waals surface area contributed by atoms with Gasteiger partial charge >= 0.3 is 6.03 Å². The summed E-state index contributed by atoms with van der Waals surface area (Å²) in [6.45, 7) is 3.47. The fourth-order valence-corrected chi connectivity index (χ4v) is 3.75. The van der Waals surface area contributed by atoms with Crippen LogP contribution in [0.15, 0.2) is 18.2 Å². The van der Waals surface area contributed by atoms with Crippen LogP contribution in [0.2, 0.25) is 0 Å². The van der Waals surface area contributed by atoms with Crippen LogP contribution in [0.5, 0.6) is 5.75 Å². The third kappa shape index (κ3) is 3.59. The number of urea groups is 1. The van der Waals surface area contributed by atoms with Crippen LogP contribution in [0.1, 0.15) is 12.5 Å². The van der Waals surface area contributed by atoms with Gasteiger partial charge in [0.1, 0.15) is 11.9 Å². The number of piperazine rings is 1. The molecule has 0 spiro atoms. The van der Waals surface area contributed by atoms with Crippen LogP contribution in [-0.4, -0.2) is 62.2 Å². The number of fused-ring (bicyclic) bond motifs is 1. The van der Waals surface area contributed by atoms with E-state index in [2.05, 4.69) is 5.32 Å². The van der Waals surface area contributed by atoms with Gasteiger partial charge in [0.25, 0.3) is 0 Å². The van der Waals surface area contributed by atoms with Crippen LogP contribution in [0, 0.1) is 0 Å². The van der Waals surface area contributed by atoms with E-state index in [1.54, 1.807) is 4.90 Å². The Kier molecular flexibility index (Phi) is 4.20. The lowest BCUT2D eigenvalue weighted by atomic mass is 10.1. The summed E-state index contributed by atoms with van der Waals surface area (Å²) >= 11 is 0. The number of carbonyl (C=O) groups is 1. The summed E-state index contributed by atoms with van der Waals surface area (Å²) in [6, 6.07) is 5.42. The Bertz CT molecular complexity index is 711. The van der Waals surface area contributed by atoms with Crippen LogP contribution in [0.3, 0.4) is 0 Å². The molecule has 2 heterocycles. The van der Waals surface area contributed by atoms with Crippen molar-refractivity contribution in [1.29, 1.82) is 0 Å². The number of ether oxygens (including phenoxy) is 1. The molecule has 0 bridgehead atoms. The standard InChI is InChI=1S/C15H21N3O4S/c1-11-9-12-10-13(3-4-14(12)22-11)16-15(19)17-5-7-18(8-6-17)23(2,20)21/h3-4,10-11H,5-9H2,1-2H3,(H,16,19). The van der Waals surface area contributed by atoms with E-state index in [1.807, 2.05) is 25.1 Å². The molecule has 0 saturated carbocycles. The van der Waals surface area contributed by atoms with E-state index < -0.39 is 10.0 Å². The molecule has 2 amide bonds. The van der Waals surface area contributed by atoms with E-state index in [0.717, 1.165) is 23.4 Å². The third-order valence-corrected chi connectivity index (χ3v) is 5.45. The van der Waals surface area contributed by atoms with Crippen molar-refractivity contribution in [2.75, 3.05) is 37.8 Å². The normalized spacial score (nSPS) is 21.7. The lowest BCUT2D eigenvalue weighted by Gasteiger charge is -2.33. The number of rotatable bonds is 2. The van der Waals surface area contributed by atoms with Crippen LogP contribution >= 0.6 is 0 Å². The third-order valence-electron chi connectivity index (χ3n) is 4.14. The van der Waals surface area contributed by atoms with Crippen molar-refractivity contribution in [3.8, 4) is 5.75 Å².